The highest BCUT2D eigenvalue weighted by atomic mass is 32.2. The van der Waals surface area contributed by atoms with Gasteiger partial charge >= 0.3 is 11.9 Å². The smallest absolute Gasteiger partial charge is 0.327 e. The molecule has 0 aromatic rings. The molecule has 0 aromatic carbocycles. The number of hydrogen-bond acceptors (Lipinski definition) is 19. The van der Waals surface area contributed by atoms with Crippen LogP contribution in [0.4, 0.5) is 0 Å². The van der Waals surface area contributed by atoms with Crippen molar-refractivity contribution in [3.8, 4) is 0 Å². The van der Waals surface area contributed by atoms with Gasteiger partial charge in [-0.05, 0) is 87.0 Å². The lowest BCUT2D eigenvalue weighted by Crippen LogP contribution is -2.61. The molecule has 12 amide bonds. The van der Waals surface area contributed by atoms with Gasteiger partial charge in [-0.25, -0.2) is 4.79 Å². The minimum absolute atomic E-state index is 0.0102. The molecule has 0 spiro atoms. The van der Waals surface area contributed by atoms with Crippen molar-refractivity contribution in [3.63, 3.8) is 0 Å². The fraction of sp³-hybridized carbons (Fsp3) is 0.759. The van der Waals surface area contributed by atoms with E-state index in [1.54, 1.807) is 75.5 Å². The number of amides is 12. The Morgan fingerprint density at radius 1 is 0.538 bits per heavy atom. The van der Waals surface area contributed by atoms with E-state index in [-0.39, 0.29) is 68.4 Å². The lowest BCUT2D eigenvalue weighted by atomic mass is 9.96. The Kier molecular flexibility index (Phi) is 38.0. The van der Waals surface area contributed by atoms with E-state index in [0.717, 1.165) is 0 Å². The van der Waals surface area contributed by atoms with E-state index in [9.17, 15) is 77.3 Å². The number of carboxylic acids is 2. The third-order valence-corrected chi connectivity index (χ3v) is 16.5. The predicted molar refractivity (Wildman–Crippen MR) is 346 cm³/mol. The van der Waals surface area contributed by atoms with Crippen LogP contribution in [0.25, 0.3) is 0 Å². The van der Waals surface area contributed by atoms with Crippen molar-refractivity contribution in [2.45, 2.75) is 207 Å². The van der Waals surface area contributed by atoms with Gasteiger partial charge in [-0.15, -0.1) is 0 Å². The first-order chi connectivity index (χ1) is 42.6. The van der Waals surface area contributed by atoms with Crippen molar-refractivity contribution in [1.29, 1.82) is 0 Å². The summed E-state index contributed by atoms with van der Waals surface area (Å²) >= 11 is 9.69. The van der Waals surface area contributed by atoms with Crippen molar-refractivity contribution < 1.29 is 82.4 Å². The number of carbonyl (C=O) groups excluding carboxylic acids is 12. The zero-order valence-electron chi connectivity index (χ0n) is 54.3. The molecular formula is C58H101N13O17S3. The van der Waals surface area contributed by atoms with Gasteiger partial charge in [0.1, 0.15) is 60.4 Å². The van der Waals surface area contributed by atoms with E-state index in [4.69, 9.17) is 10.8 Å². The highest BCUT2D eigenvalue weighted by Crippen LogP contribution is 2.21. The number of carboxylic acid groups (broad SMARTS) is 2. The molecule has 0 saturated carbocycles. The normalized spacial score (nSPS) is 17.3. The number of nitrogens with one attached hydrogen (secondary N) is 11. The summed E-state index contributed by atoms with van der Waals surface area (Å²) in [6.07, 6.45) is 1.31. The van der Waals surface area contributed by atoms with E-state index in [1.165, 1.54) is 23.6 Å². The molecule has 0 unspecified atom stereocenters. The molecule has 30 nitrogen and oxygen atoms in total. The second-order valence-corrected chi connectivity index (χ2v) is 25.7. The zero-order valence-corrected chi connectivity index (χ0v) is 56.9. The lowest BCUT2D eigenvalue weighted by Gasteiger charge is -2.32. The lowest BCUT2D eigenvalue weighted by molar-refractivity contribution is -0.143. The van der Waals surface area contributed by atoms with Crippen LogP contribution in [0.3, 0.4) is 0 Å². The van der Waals surface area contributed by atoms with Gasteiger partial charge < -0.3 is 84.4 Å². The summed E-state index contributed by atoms with van der Waals surface area (Å²) in [4.78, 5) is 187. The van der Waals surface area contributed by atoms with Crippen molar-refractivity contribution in [1.82, 2.24) is 63.4 Å². The van der Waals surface area contributed by atoms with Crippen molar-refractivity contribution in [2.75, 3.05) is 43.1 Å². The molecule has 1 heterocycles. The van der Waals surface area contributed by atoms with Gasteiger partial charge in [-0.1, -0.05) is 82.1 Å². The van der Waals surface area contributed by atoms with Crippen LogP contribution in [-0.4, -0.2) is 219 Å². The first-order valence-electron chi connectivity index (χ1n) is 30.7. The molecule has 518 valence electrons. The zero-order chi connectivity index (χ0) is 69.6. The highest BCUT2D eigenvalue weighted by molar-refractivity contribution is 7.98. The van der Waals surface area contributed by atoms with Gasteiger partial charge in [0, 0.05) is 24.5 Å². The summed E-state index contributed by atoms with van der Waals surface area (Å²) < 4.78 is 0. The molecule has 1 rings (SSSR count). The number of rotatable bonds is 42. The summed E-state index contributed by atoms with van der Waals surface area (Å²) in [5, 5.41) is 57.0. The number of aliphatic carboxylic acids is 2. The van der Waals surface area contributed by atoms with E-state index >= 15 is 0 Å². The number of hydrogen-bond donors (Lipinski definition) is 17. The minimum atomic E-state index is -1.67. The fourth-order valence-electron chi connectivity index (χ4n) is 9.40. The molecule has 16 N–H and O–H groups in total. The number of aliphatic hydroxyl groups is 1. The summed E-state index contributed by atoms with van der Waals surface area (Å²) in [7, 11) is 0. The number of nitrogens with two attached hydrogens (primary N) is 1. The Hall–Kier alpha value is -6.45. The molecule has 0 aliphatic carbocycles. The Balaban J connectivity index is 3.15. The largest absolute Gasteiger partial charge is 0.481 e. The van der Waals surface area contributed by atoms with Gasteiger partial charge in [0.2, 0.25) is 70.9 Å². The summed E-state index contributed by atoms with van der Waals surface area (Å²) in [5.41, 5.74) is 5.86. The summed E-state index contributed by atoms with van der Waals surface area (Å²) in [5.74, 6) is -13.9. The number of thioether (sulfide) groups is 1. The average Bonchev–Trinajstić information content (AvgIpc) is 2.07. The van der Waals surface area contributed by atoms with Crippen molar-refractivity contribution in [2.24, 2.45) is 35.3 Å². The van der Waals surface area contributed by atoms with E-state index in [1.807, 2.05) is 0 Å². The summed E-state index contributed by atoms with van der Waals surface area (Å²) in [6, 6.07) is -13.9. The molecule has 91 heavy (non-hydrogen) atoms. The minimum Gasteiger partial charge on any atom is -0.481 e. The Bertz CT molecular complexity index is 2500. The Labute approximate surface area is 548 Å². The fourth-order valence-corrected chi connectivity index (χ4v) is 10.4. The molecule has 1 aliphatic heterocycles. The maximum Gasteiger partial charge on any atom is 0.327 e. The Morgan fingerprint density at radius 3 is 1.45 bits per heavy atom. The van der Waals surface area contributed by atoms with Crippen LogP contribution < -0.4 is 64.2 Å². The topological polar surface area (TPSA) is 461 Å². The van der Waals surface area contributed by atoms with Gasteiger partial charge in [-0.2, -0.15) is 37.0 Å². The average molecular weight is 1350 g/mol. The quantitative estimate of drug-likeness (QED) is 0.0285. The molecule has 14 atom stereocenters. The number of carbonyl (C=O) groups is 14. The number of likely N-dealkylation sites (tertiary alicyclic amines) is 1. The van der Waals surface area contributed by atoms with E-state index in [2.05, 4.69) is 83.7 Å². The monoisotopic (exact) mass is 1350 g/mol. The first-order valence-corrected chi connectivity index (χ1v) is 33.4. The number of nitrogens with zero attached hydrogens (tertiary/aromatic N) is 1. The second kappa shape index (κ2) is 41.9. The maximum atomic E-state index is 14.1. The van der Waals surface area contributed by atoms with Gasteiger partial charge in [-0.3, -0.25) is 62.3 Å². The molecule has 0 radical (unpaired) electrons. The van der Waals surface area contributed by atoms with Crippen LogP contribution in [0.2, 0.25) is 0 Å². The third kappa shape index (κ3) is 28.9. The van der Waals surface area contributed by atoms with Crippen LogP contribution in [0.5, 0.6) is 0 Å². The van der Waals surface area contributed by atoms with Crippen LogP contribution >= 0.6 is 37.0 Å². The van der Waals surface area contributed by atoms with E-state index < -0.39 is 186 Å². The van der Waals surface area contributed by atoms with Crippen LogP contribution in [0, 0.1) is 29.6 Å². The standard InChI is InChI=1S/C58H101N13O17S3/c1-13-31(9)45(55(84)69-44(30(7)8)53(82)65-38(26-89)57(86)71-20-15-16-40(71)52(81)70-46(32(10)14-2)54(83)66-39(27-90)58(87)88)67-41(73)24-61-50(79)36(22-28(3)4)64-56(85)47(33(11)72)68-42(74)25-60-49(78)35(19-21-91-12)62-51(80)37(23-29(5)6)63-48(77)34(59)17-18-43(75)76/h28-40,44-47,72,89-90H,13-27,59H2,1-12H3,(H,60,78)(H,61,79)(H,62,80)(H,63,77)(H,64,85)(H,65,82)(H,66,83)(H,67,73)(H,68,74)(H,69,84)(H,70,81)(H,75,76)(H,87,88)/t31-,32-,33+,34-,35-,36-,37-,38-,39-,40-,44-,45-,46-,47-/m0/s1. The Morgan fingerprint density at radius 2 is 0.978 bits per heavy atom. The molecule has 1 saturated heterocycles. The van der Waals surface area contributed by atoms with E-state index in [0.29, 0.717) is 25.0 Å². The van der Waals surface area contributed by atoms with Crippen LogP contribution in [-0.2, 0) is 67.1 Å². The molecule has 0 bridgehead atoms. The van der Waals surface area contributed by atoms with Gasteiger partial charge in [0.25, 0.3) is 0 Å². The first kappa shape index (κ1) is 82.6. The molecule has 1 fully saturated rings. The molecule has 33 heteroatoms. The highest BCUT2D eigenvalue weighted by Gasteiger charge is 2.41. The van der Waals surface area contributed by atoms with Gasteiger partial charge in [0.15, 0.2) is 0 Å². The molecular weight excluding hydrogens is 1250 g/mol. The van der Waals surface area contributed by atoms with Crippen LogP contribution in [0.15, 0.2) is 0 Å². The summed E-state index contributed by atoms with van der Waals surface area (Å²) in [6.45, 7) is 17.2. The van der Waals surface area contributed by atoms with Crippen molar-refractivity contribution in [3.05, 3.63) is 0 Å². The molecule has 0 aromatic heterocycles. The number of aliphatic hydroxyl groups excluding tert-OH is 1. The van der Waals surface area contributed by atoms with Crippen molar-refractivity contribution >= 4 is 120 Å². The predicted octanol–water partition coefficient (Wildman–Crippen LogP) is -2.32. The SMILES string of the molecule is CC[C@H](C)[C@H](NC(=O)CNC(=O)[C@H](CC(C)C)NC(=O)[C@@H](NC(=O)CNC(=O)[C@H](CCSC)NC(=O)[C@H](CC(C)C)NC(=O)[C@@H](N)CCC(=O)O)[C@@H](C)O)C(=O)N[C@H](C(=O)N[C@@H](CS)C(=O)N1CCC[C@H]1C(=O)N[C@H](C(=O)N[C@@H](CS)C(=O)O)[C@@H](C)CC)C(C)C. The number of thiol groups is 2. The van der Waals surface area contributed by atoms with Gasteiger partial charge in [0.05, 0.1) is 25.2 Å². The maximum absolute atomic E-state index is 14.1. The third-order valence-electron chi connectivity index (χ3n) is 15.1. The second-order valence-electron chi connectivity index (χ2n) is 24.0. The van der Waals surface area contributed by atoms with Crippen LogP contribution in [0.1, 0.15) is 134 Å². The molecule has 1 aliphatic rings.